The molecule has 8 nitrogen and oxygen atoms in total. The molecule has 1 aliphatic rings. The molecule has 35 heavy (non-hydrogen) atoms. The molecule has 0 aliphatic carbocycles. The average Bonchev–Trinajstić information content (AvgIpc) is 2.86. The summed E-state index contributed by atoms with van der Waals surface area (Å²) in [5, 5.41) is 3.21. The van der Waals surface area contributed by atoms with Crippen molar-refractivity contribution in [2.45, 2.75) is 17.9 Å². The summed E-state index contributed by atoms with van der Waals surface area (Å²) in [5.41, 5.74) is 1.07. The lowest BCUT2D eigenvalue weighted by Gasteiger charge is -2.26. The Kier molecular flexibility index (Phi) is 7.37. The highest BCUT2D eigenvalue weighted by Crippen LogP contribution is 2.33. The molecule has 0 bridgehead atoms. The first kappa shape index (κ1) is 24.7. The van der Waals surface area contributed by atoms with E-state index < -0.39 is 28.5 Å². The van der Waals surface area contributed by atoms with Crippen molar-refractivity contribution in [1.82, 2.24) is 5.32 Å². The van der Waals surface area contributed by atoms with Crippen LogP contribution in [0.4, 0.5) is 5.69 Å². The second-order valence-electron chi connectivity index (χ2n) is 7.86. The Morgan fingerprint density at radius 2 is 1.77 bits per heavy atom. The Hall–Kier alpha value is -3.43. The summed E-state index contributed by atoms with van der Waals surface area (Å²) in [5.74, 6) is 1.29. The zero-order valence-corrected chi connectivity index (χ0v) is 20.8. The van der Waals surface area contributed by atoms with Crippen molar-refractivity contribution < 1.29 is 27.4 Å². The maximum Gasteiger partial charge on any atom is 0.264 e. The zero-order valence-electron chi connectivity index (χ0n) is 19.2. The topological polar surface area (TPSA) is 94.2 Å². The molecule has 0 aromatic heterocycles. The maximum absolute atomic E-state index is 13.5. The predicted molar refractivity (Wildman–Crippen MR) is 133 cm³/mol. The van der Waals surface area contributed by atoms with Crippen molar-refractivity contribution in [2.24, 2.45) is 0 Å². The number of ether oxygens (including phenoxy) is 3. The van der Waals surface area contributed by atoms with E-state index in [1.807, 2.05) is 19.1 Å². The number of methoxy groups -OCH3 is 1. The lowest BCUT2D eigenvalue weighted by atomic mass is 10.1. The summed E-state index contributed by atoms with van der Waals surface area (Å²) >= 11 is 6.12. The van der Waals surface area contributed by atoms with Gasteiger partial charge in [0, 0.05) is 5.02 Å². The Morgan fingerprint density at radius 1 is 1.06 bits per heavy atom. The quantitative estimate of drug-likeness (QED) is 0.482. The number of carbonyl (C=O) groups excluding carboxylic acids is 1. The lowest BCUT2D eigenvalue weighted by Crippen LogP contribution is -2.41. The van der Waals surface area contributed by atoms with E-state index >= 15 is 0 Å². The van der Waals surface area contributed by atoms with Crippen molar-refractivity contribution in [1.29, 1.82) is 0 Å². The number of benzene rings is 3. The predicted octanol–water partition coefficient (Wildman–Crippen LogP) is 4.19. The number of sulfonamides is 1. The number of rotatable bonds is 8. The first-order valence-electron chi connectivity index (χ1n) is 10.9. The summed E-state index contributed by atoms with van der Waals surface area (Å²) in [6, 6.07) is 17.3. The number of halogens is 1. The van der Waals surface area contributed by atoms with Gasteiger partial charge in [-0.05, 0) is 67.1 Å². The minimum atomic E-state index is -4.08. The summed E-state index contributed by atoms with van der Waals surface area (Å²) in [4.78, 5) is 13.1. The largest absolute Gasteiger partial charge is 0.497 e. The molecular weight excluding hydrogens is 492 g/mol. The van der Waals surface area contributed by atoms with Crippen LogP contribution in [0.1, 0.15) is 18.5 Å². The lowest BCUT2D eigenvalue weighted by molar-refractivity contribution is -0.120. The summed E-state index contributed by atoms with van der Waals surface area (Å²) in [7, 11) is -2.59. The van der Waals surface area contributed by atoms with Crippen LogP contribution in [0.25, 0.3) is 0 Å². The Morgan fingerprint density at radius 3 is 2.46 bits per heavy atom. The van der Waals surface area contributed by atoms with Crippen LogP contribution in [0.3, 0.4) is 0 Å². The number of carbonyl (C=O) groups is 1. The van der Waals surface area contributed by atoms with Crippen LogP contribution in [0.5, 0.6) is 17.2 Å². The normalized spacial score (nSPS) is 13.6. The van der Waals surface area contributed by atoms with Gasteiger partial charge < -0.3 is 19.5 Å². The SMILES string of the molecule is COc1ccc(S(=O)(=O)N(CC(=O)NC(C)c2ccc3c(c2)OCCO3)c2cccc(Cl)c2)cc1. The number of nitrogens with zero attached hydrogens (tertiary/aromatic N) is 1. The number of amides is 1. The van der Waals surface area contributed by atoms with Gasteiger partial charge in [-0.25, -0.2) is 8.42 Å². The number of hydrogen-bond donors (Lipinski definition) is 1. The fraction of sp³-hybridized carbons (Fsp3) is 0.240. The van der Waals surface area contributed by atoms with Crippen LogP contribution in [0.2, 0.25) is 5.02 Å². The van der Waals surface area contributed by atoms with Crippen molar-refractivity contribution in [3.8, 4) is 17.2 Å². The zero-order chi connectivity index (χ0) is 25.0. The van der Waals surface area contributed by atoms with Crippen LogP contribution >= 0.6 is 11.6 Å². The molecule has 1 atom stereocenters. The molecule has 1 amide bonds. The molecule has 0 saturated carbocycles. The first-order valence-corrected chi connectivity index (χ1v) is 12.7. The number of hydrogen-bond acceptors (Lipinski definition) is 6. The second-order valence-corrected chi connectivity index (χ2v) is 10.2. The van der Waals surface area contributed by atoms with Crippen LogP contribution in [0, 0.1) is 0 Å². The third-order valence-electron chi connectivity index (χ3n) is 5.47. The number of fused-ring (bicyclic) bond motifs is 1. The smallest absolute Gasteiger partial charge is 0.264 e. The first-order chi connectivity index (χ1) is 16.8. The second kappa shape index (κ2) is 10.5. The third-order valence-corrected chi connectivity index (χ3v) is 7.50. The standard InChI is InChI=1S/C25H25ClN2O6S/c1-17(18-6-11-23-24(14-18)34-13-12-33-23)27-25(29)16-28(20-5-3-4-19(26)15-20)35(30,31)22-9-7-21(32-2)8-10-22/h3-11,14-15,17H,12-13,16H2,1-2H3,(H,27,29). The van der Waals surface area contributed by atoms with Crippen molar-refractivity contribution in [3.63, 3.8) is 0 Å². The summed E-state index contributed by atoms with van der Waals surface area (Å²) in [6.45, 7) is 2.31. The van der Waals surface area contributed by atoms with Gasteiger partial charge in [-0.15, -0.1) is 0 Å². The van der Waals surface area contributed by atoms with Gasteiger partial charge in [-0.3, -0.25) is 9.10 Å². The average molecular weight is 517 g/mol. The Balaban J connectivity index is 1.57. The Bertz CT molecular complexity index is 1310. The fourth-order valence-corrected chi connectivity index (χ4v) is 5.25. The van der Waals surface area contributed by atoms with Gasteiger partial charge in [0.1, 0.15) is 25.5 Å². The molecule has 0 spiro atoms. The third kappa shape index (κ3) is 5.63. The molecule has 184 valence electrons. The number of nitrogens with one attached hydrogen (secondary N) is 1. The minimum absolute atomic E-state index is 0.0194. The molecule has 10 heteroatoms. The molecule has 1 N–H and O–H groups in total. The van der Waals surface area contributed by atoms with Gasteiger partial charge in [-0.1, -0.05) is 23.7 Å². The van der Waals surface area contributed by atoms with Crippen molar-refractivity contribution >= 4 is 33.2 Å². The molecule has 3 aromatic rings. The molecule has 4 rings (SSSR count). The molecule has 0 saturated heterocycles. The van der Waals surface area contributed by atoms with Gasteiger partial charge in [0.25, 0.3) is 10.0 Å². The summed E-state index contributed by atoms with van der Waals surface area (Å²) in [6.07, 6.45) is 0. The highest BCUT2D eigenvalue weighted by molar-refractivity contribution is 7.92. The molecule has 0 radical (unpaired) electrons. The van der Waals surface area contributed by atoms with Crippen LogP contribution < -0.4 is 23.8 Å². The molecule has 1 unspecified atom stereocenters. The summed E-state index contributed by atoms with van der Waals surface area (Å²) < 4.78 is 44.4. The van der Waals surface area contributed by atoms with E-state index in [1.54, 1.807) is 36.4 Å². The molecule has 0 fully saturated rings. The van der Waals surface area contributed by atoms with Crippen LogP contribution in [-0.2, 0) is 14.8 Å². The minimum Gasteiger partial charge on any atom is -0.497 e. The number of anilines is 1. The van der Waals surface area contributed by atoms with E-state index in [0.717, 1.165) is 9.87 Å². The molecular formula is C25H25ClN2O6S. The van der Waals surface area contributed by atoms with E-state index in [9.17, 15) is 13.2 Å². The highest BCUT2D eigenvalue weighted by Gasteiger charge is 2.28. The van der Waals surface area contributed by atoms with Gasteiger partial charge >= 0.3 is 0 Å². The van der Waals surface area contributed by atoms with E-state index in [1.165, 1.54) is 25.3 Å². The van der Waals surface area contributed by atoms with Crippen molar-refractivity contribution in [3.05, 3.63) is 77.3 Å². The molecule has 1 aliphatic heterocycles. The van der Waals surface area contributed by atoms with E-state index in [4.69, 9.17) is 25.8 Å². The monoisotopic (exact) mass is 516 g/mol. The van der Waals surface area contributed by atoms with Crippen LogP contribution in [-0.4, -0.2) is 41.2 Å². The highest BCUT2D eigenvalue weighted by atomic mass is 35.5. The van der Waals surface area contributed by atoms with Crippen LogP contribution in [0.15, 0.2) is 71.6 Å². The molecule has 1 heterocycles. The van der Waals surface area contributed by atoms with Gasteiger partial charge in [-0.2, -0.15) is 0 Å². The van der Waals surface area contributed by atoms with E-state index in [2.05, 4.69) is 5.32 Å². The van der Waals surface area contributed by atoms with Gasteiger partial charge in [0.2, 0.25) is 5.91 Å². The van der Waals surface area contributed by atoms with E-state index in [-0.39, 0.29) is 10.6 Å². The van der Waals surface area contributed by atoms with E-state index in [0.29, 0.717) is 35.5 Å². The molecule has 3 aromatic carbocycles. The Labute approximate surface area is 209 Å². The van der Waals surface area contributed by atoms with Gasteiger partial charge in [0.05, 0.1) is 23.7 Å². The fourth-order valence-electron chi connectivity index (χ4n) is 3.65. The van der Waals surface area contributed by atoms with Crippen molar-refractivity contribution in [2.75, 3.05) is 31.2 Å². The maximum atomic E-state index is 13.5. The van der Waals surface area contributed by atoms with Gasteiger partial charge in [0.15, 0.2) is 11.5 Å².